The number of carbonyl (C=O) groups is 3. The molecule has 27 heavy (non-hydrogen) atoms. The highest BCUT2D eigenvalue weighted by Gasteiger charge is 2.69. The van der Waals surface area contributed by atoms with Crippen LogP contribution in [-0.4, -0.2) is 40.6 Å². The summed E-state index contributed by atoms with van der Waals surface area (Å²) < 4.78 is 39.5. The number of amides is 1. The highest BCUT2D eigenvalue weighted by atomic mass is 19.4. The van der Waals surface area contributed by atoms with Crippen molar-refractivity contribution in [1.82, 2.24) is 0 Å². The number of carbonyl (C=O) groups excluding carboxylic acids is 2. The maximum atomic E-state index is 13.2. The highest BCUT2D eigenvalue weighted by Crippen LogP contribution is 2.50. The molecule has 0 aliphatic carbocycles. The Morgan fingerprint density at radius 3 is 2.37 bits per heavy atom. The third-order valence-electron chi connectivity index (χ3n) is 4.76. The summed E-state index contributed by atoms with van der Waals surface area (Å²) in [5.41, 5.74) is -3.82. The maximum absolute atomic E-state index is 13.2. The molecule has 3 rings (SSSR count). The molecule has 1 heterocycles. The van der Waals surface area contributed by atoms with Gasteiger partial charge < -0.3 is 15.1 Å². The van der Waals surface area contributed by atoms with Crippen molar-refractivity contribution in [1.29, 1.82) is 0 Å². The van der Waals surface area contributed by atoms with Crippen molar-refractivity contribution in [2.24, 2.45) is 5.41 Å². The van der Waals surface area contributed by atoms with E-state index in [1.54, 1.807) is 24.3 Å². The number of halogens is 3. The molecule has 1 aliphatic rings. The van der Waals surface area contributed by atoms with Gasteiger partial charge in [0.1, 0.15) is 6.10 Å². The number of alkyl halides is 3. The van der Waals surface area contributed by atoms with Crippen LogP contribution in [0.5, 0.6) is 0 Å². The number of hydrogen-bond acceptors (Lipinski definition) is 4. The second-order valence-corrected chi connectivity index (χ2v) is 6.12. The van der Waals surface area contributed by atoms with Crippen LogP contribution in [0.25, 0.3) is 10.8 Å². The van der Waals surface area contributed by atoms with Crippen molar-refractivity contribution in [3.05, 3.63) is 42.0 Å². The third kappa shape index (κ3) is 2.42. The van der Waals surface area contributed by atoms with Crippen molar-refractivity contribution >= 4 is 34.1 Å². The average molecular weight is 381 g/mol. The lowest BCUT2D eigenvalue weighted by atomic mass is 9.70. The van der Waals surface area contributed by atoms with Gasteiger partial charge in [0, 0.05) is 17.5 Å². The number of nitrogens with zero attached hydrogens (tertiary/aromatic N) is 1. The summed E-state index contributed by atoms with van der Waals surface area (Å²) in [6, 6.07) is 9.34. The van der Waals surface area contributed by atoms with Gasteiger partial charge in [-0.2, -0.15) is 13.2 Å². The summed E-state index contributed by atoms with van der Waals surface area (Å²) in [5.74, 6) is -6.77. The number of fused-ring (bicyclic) bond motifs is 3. The third-order valence-corrected chi connectivity index (χ3v) is 4.76. The summed E-state index contributed by atoms with van der Waals surface area (Å²) >= 11 is 0. The summed E-state index contributed by atoms with van der Waals surface area (Å²) in [7, 11) is 0. The van der Waals surface area contributed by atoms with Crippen LogP contribution in [0.3, 0.4) is 0 Å². The predicted molar refractivity (Wildman–Crippen MR) is 88.1 cm³/mol. The van der Waals surface area contributed by atoms with E-state index in [1.807, 2.05) is 0 Å². The Hall–Kier alpha value is -2.94. The second kappa shape index (κ2) is 6.05. The molecule has 1 aliphatic heterocycles. The van der Waals surface area contributed by atoms with Crippen molar-refractivity contribution in [2.75, 3.05) is 11.4 Å². The Morgan fingerprint density at radius 1 is 1.19 bits per heavy atom. The zero-order chi connectivity index (χ0) is 20.1. The molecule has 2 atom stereocenters. The molecule has 1 amide bonds. The van der Waals surface area contributed by atoms with Gasteiger partial charge in [0.15, 0.2) is 0 Å². The number of Topliss-reactive ketones (excluding diaryl/α,β-unsaturated/α-hetero) is 1. The van der Waals surface area contributed by atoms with Gasteiger partial charge in [-0.15, -0.1) is 0 Å². The standard InChI is InChI=1S/C18H14F3NO5/c1-2-22-12-10-6-4-3-5-9(10)7-8-11(12)13(23)17(15(22)25,16(26)27)14(24)18(19,20)21/h3-8,13,23H,2H2,1H3,(H,26,27). The number of hydrogen-bond donors (Lipinski definition) is 2. The van der Waals surface area contributed by atoms with E-state index in [4.69, 9.17) is 0 Å². The van der Waals surface area contributed by atoms with Gasteiger partial charge in [-0.25, -0.2) is 0 Å². The predicted octanol–water partition coefficient (Wildman–Crippen LogP) is 2.44. The molecular formula is C18H14F3NO5. The molecule has 0 radical (unpaired) electrons. The molecule has 9 heteroatoms. The number of rotatable bonds is 3. The number of ketones is 1. The molecule has 0 aromatic heterocycles. The lowest BCUT2D eigenvalue weighted by Gasteiger charge is -2.42. The molecular weight excluding hydrogens is 367 g/mol. The molecule has 0 spiro atoms. The van der Waals surface area contributed by atoms with Crippen LogP contribution >= 0.6 is 0 Å². The maximum Gasteiger partial charge on any atom is 0.451 e. The van der Waals surface area contributed by atoms with Crippen LogP contribution in [0.1, 0.15) is 18.6 Å². The summed E-state index contributed by atoms with van der Waals surface area (Å²) in [4.78, 5) is 37.5. The van der Waals surface area contributed by atoms with Gasteiger partial charge in [-0.1, -0.05) is 36.4 Å². The van der Waals surface area contributed by atoms with Crippen molar-refractivity contribution in [2.45, 2.75) is 19.2 Å². The Morgan fingerprint density at radius 2 is 1.81 bits per heavy atom. The van der Waals surface area contributed by atoms with Crippen LogP contribution in [0.4, 0.5) is 18.9 Å². The number of carboxylic acid groups (broad SMARTS) is 1. The number of benzene rings is 2. The number of anilines is 1. The second-order valence-electron chi connectivity index (χ2n) is 6.12. The summed E-state index contributed by atoms with van der Waals surface area (Å²) in [6.45, 7) is 1.25. The lowest BCUT2D eigenvalue weighted by molar-refractivity contribution is -0.197. The molecule has 6 nitrogen and oxygen atoms in total. The van der Waals surface area contributed by atoms with Gasteiger partial charge in [0.05, 0.1) is 5.69 Å². The van der Waals surface area contributed by atoms with E-state index in [0.717, 1.165) is 4.90 Å². The van der Waals surface area contributed by atoms with E-state index < -0.39 is 35.4 Å². The normalized spacial score (nSPS) is 22.6. The Balaban J connectivity index is 2.40. The minimum atomic E-state index is -5.62. The molecule has 2 unspecified atom stereocenters. The van der Waals surface area contributed by atoms with Crippen LogP contribution in [0.15, 0.2) is 36.4 Å². The molecule has 142 valence electrons. The first kappa shape index (κ1) is 18.8. The van der Waals surface area contributed by atoms with Crippen molar-refractivity contribution in [3.63, 3.8) is 0 Å². The number of aliphatic hydroxyl groups excluding tert-OH is 1. The summed E-state index contributed by atoms with van der Waals surface area (Å²) in [5, 5.41) is 21.1. The Kier molecular flexibility index (Phi) is 4.22. The first-order valence-electron chi connectivity index (χ1n) is 7.95. The van der Waals surface area contributed by atoms with E-state index in [0.29, 0.717) is 10.8 Å². The first-order valence-corrected chi connectivity index (χ1v) is 7.95. The van der Waals surface area contributed by atoms with Crippen LogP contribution in [0, 0.1) is 5.41 Å². The number of aliphatic carboxylic acids is 1. The van der Waals surface area contributed by atoms with Crippen LogP contribution in [-0.2, 0) is 14.4 Å². The quantitative estimate of drug-likeness (QED) is 0.797. The highest BCUT2D eigenvalue weighted by molar-refractivity contribution is 6.29. The topological polar surface area (TPSA) is 94.9 Å². The Bertz CT molecular complexity index is 971. The Labute approximate surface area is 150 Å². The van der Waals surface area contributed by atoms with E-state index in [-0.39, 0.29) is 17.8 Å². The molecule has 0 saturated carbocycles. The minimum Gasteiger partial charge on any atom is -0.480 e. The van der Waals surface area contributed by atoms with E-state index in [2.05, 4.69) is 0 Å². The smallest absolute Gasteiger partial charge is 0.451 e. The molecule has 2 N–H and O–H groups in total. The fourth-order valence-electron chi connectivity index (χ4n) is 3.51. The van der Waals surface area contributed by atoms with E-state index in [9.17, 15) is 37.8 Å². The van der Waals surface area contributed by atoms with Crippen molar-refractivity contribution < 1.29 is 37.8 Å². The fraction of sp³-hybridized carbons (Fsp3) is 0.278. The lowest BCUT2D eigenvalue weighted by Crippen LogP contribution is -2.62. The van der Waals surface area contributed by atoms with Crippen LogP contribution < -0.4 is 4.90 Å². The van der Waals surface area contributed by atoms with Gasteiger partial charge in [0.25, 0.3) is 11.7 Å². The van der Waals surface area contributed by atoms with Gasteiger partial charge in [-0.3, -0.25) is 14.4 Å². The number of carboxylic acids is 1. The van der Waals surface area contributed by atoms with Gasteiger partial charge >= 0.3 is 12.1 Å². The van der Waals surface area contributed by atoms with E-state index in [1.165, 1.54) is 19.1 Å². The average Bonchev–Trinajstić information content (AvgIpc) is 2.61. The minimum absolute atomic E-state index is 0.0972. The number of aliphatic hydroxyl groups is 1. The van der Waals surface area contributed by atoms with Crippen LogP contribution in [0.2, 0.25) is 0 Å². The van der Waals surface area contributed by atoms with Gasteiger partial charge in [-0.05, 0) is 12.3 Å². The van der Waals surface area contributed by atoms with Gasteiger partial charge in [0.2, 0.25) is 5.41 Å². The van der Waals surface area contributed by atoms with Crippen molar-refractivity contribution in [3.8, 4) is 0 Å². The zero-order valence-electron chi connectivity index (χ0n) is 13.9. The molecule has 0 bridgehead atoms. The fourth-order valence-corrected chi connectivity index (χ4v) is 3.51. The first-order chi connectivity index (χ1) is 12.6. The zero-order valence-corrected chi connectivity index (χ0v) is 13.9. The summed E-state index contributed by atoms with van der Waals surface area (Å²) in [6.07, 6.45) is -8.11. The monoisotopic (exact) mass is 381 g/mol. The molecule has 2 aromatic carbocycles. The van der Waals surface area contributed by atoms with E-state index >= 15 is 0 Å². The largest absolute Gasteiger partial charge is 0.480 e. The molecule has 2 aromatic rings. The molecule has 0 saturated heterocycles. The SMILES string of the molecule is CCN1C(=O)C(C(=O)O)(C(=O)C(F)(F)F)C(O)c2ccc3ccccc3c21. The molecule has 0 fully saturated rings.